The summed E-state index contributed by atoms with van der Waals surface area (Å²) in [6.07, 6.45) is 7.24. The monoisotopic (exact) mass is 267 g/mol. The third kappa shape index (κ3) is 1.81. The number of rotatable bonds is 1. The second-order valence-electron chi connectivity index (χ2n) is 6.38. The molecule has 2 nitrogen and oxygen atoms in total. The van der Waals surface area contributed by atoms with Crippen LogP contribution in [0.2, 0.25) is 0 Å². The van der Waals surface area contributed by atoms with Crippen LogP contribution in [-0.2, 0) is 4.79 Å². The summed E-state index contributed by atoms with van der Waals surface area (Å²) in [4.78, 5) is 15.0. The zero-order valence-corrected chi connectivity index (χ0v) is 11.8. The molecule has 104 valence electrons. The van der Waals surface area contributed by atoms with Crippen LogP contribution < -0.4 is 0 Å². The lowest BCUT2D eigenvalue weighted by Gasteiger charge is -2.45. The minimum absolute atomic E-state index is 0.0619. The number of nitrogens with zero attached hydrogens (tertiary/aromatic N) is 1. The summed E-state index contributed by atoms with van der Waals surface area (Å²) in [6.45, 7) is 0.942. The summed E-state index contributed by atoms with van der Waals surface area (Å²) < 4.78 is 0. The fourth-order valence-electron chi connectivity index (χ4n) is 4.33. The molecule has 3 aliphatic rings. The van der Waals surface area contributed by atoms with Gasteiger partial charge in [-0.25, -0.2) is 0 Å². The molecule has 0 saturated carbocycles. The first-order valence-electron chi connectivity index (χ1n) is 7.93. The third-order valence-corrected chi connectivity index (χ3v) is 5.22. The van der Waals surface area contributed by atoms with E-state index in [-0.39, 0.29) is 5.92 Å². The molecular formula is C18H21NO. The van der Waals surface area contributed by atoms with E-state index in [1.54, 1.807) is 5.57 Å². The van der Waals surface area contributed by atoms with Crippen LogP contribution in [0.1, 0.15) is 50.0 Å². The average molecular weight is 267 g/mol. The Balaban J connectivity index is 1.75. The number of carbonyl (C=O) groups excluding carboxylic acids is 1. The Labute approximate surface area is 120 Å². The minimum Gasteiger partial charge on any atom is -0.315 e. The molecule has 2 heterocycles. The van der Waals surface area contributed by atoms with Crippen molar-refractivity contribution in [2.75, 3.05) is 6.54 Å². The summed E-state index contributed by atoms with van der Waals surface area (Å²) in [5.74, 6) is 1.08. The second-order valence-corrected chi connectivity index (χ2v) is 6.38. The van der Waals surface area contributed by atoms with Crippen molar-refractivity contribution in [3.63, 3.8) is 0 Å². The smallest absolute Gasteiger partial charge is 0.234 e. The number of allylic oxidation sites excluding steroid dienone is 2. The lowest BCUT2D eigenvalue weighted by Crippen LogP contribution is -2.45. The van der Waals surface area contributed by atoms with Gasteiger partial charge >= 0.3 is 0 Å². The molecule has 1 fully saturated rings. The van der Waals surface area contributed by atoms with Gasteiger partial charge < -0.3 is 4.90 Å². The number of hydrogen-bond acceptors (Lipinski definition) is 1. The van der Waals surface area contributed by atoms with Crippen molar-refractivity contribution < 1.29 is 4.79 Å². The quantitative estimate of drug-likeness (QED) is 0.757. The maximum Gasteiger partial charge on any atom is 0.234 e. The van der Waals surface area contributed by atoms with Crippen molar-refractivity contribution in [3.05, 3.63) is 47.2 Å². The van der Waals surface area contributed by atoms with Crippen LogP contribution in [0.15, 0.2) is 41.6 Å². The molecule has 0 radical (unpaired) electrons. The van der Waals surface area contributed by atoms with Crippen LogP contribution >= 0.6 is 0 Å². The highest BCUT2D eigenvalue weighted by molar-refractivity contribution is 5.87. The number of benzene rings is 1. The molecule has 2 atom stereocenters. The lowest BCUT2D eigenvalue weighted by molar-refractivity contribution is -0.133. The van der Waals surface area contributed by atoms with E-state index in [4.69, 9.17) is 0 Å². The van der Waals surface area contributed by atoms with Crippen LogP contribution in [0.3, 0.4) is 0 Å². The molecule has 4 rings (SSSR count). The fraction of sp³-hybridized carbons (Fsp3) is 0.500. The molecule has 1 aliphatic carbocycles. The molecular weight excluding hydrogens is 246 g/mol. The van der Waals surface area contributed by atoms with E-state index < -0.39 is 0 Å². The van der Waals surface area contributed by atoms with Crippen LogP contribution in [0.25, 0.3) is 0 Å². The van der Waals surface area contributed by atoms with Crippen LogP contribution in [0.4, 0.5) is 0 Å². The molecule has 2 heteroatoms. The van der Waals surface area contributed by atoms with Gasteiger partial charge in [0.2, 0.25) is 5.91 Å². The van der Waals surface area contributed by atoms with E-state index in [1.807, 2.05) is 18.2 Å². The van der Waals surface area contributed by atoms with Crippen molar-refractivity contribution in [1.29, 1.82) is 0 Å². The fourth-order valence-corrected chi connectivity index (χ4v) is 4.33. The Bertz CT molecular complexity index is 560. The maximum absolute atomic E-state index is 12.9. The Morgan fingerprint density at radius 2 is 1.85 bits per heavy atom. The zero-order chi connectivity index (χ0) is 13.5. The molecule has 20 heavy (non-hydrogen) atoms. The third-order valence-electron chi connectivity index (χ3n) is 5.22. The van der Waals surface area contributed by atoms with Crippen molar-refractivity contribution >= 4 is 5.91 Å². The maximum atomic E-state index is 12.9. The summed E-state index contributed by atoms with van der Waals surface area (Å²) in [5, 5.41) is 0. The highest BCUT2D eigenvalue weighted by Gasteiger charge is 2.41. The largest absolute Gasteiger partial charge is 0.315 e. The van der Waals surface area contributed by atoms with E-state index >= 15 is 0 Å². The molecule has 0 unspecified atom stereocenters. The number of amides is 1. The van der Waals surface area contributed by atoms with Gasteiger partial charge in [-0.1, -0.05) is 30.3 Å². The van der Waals surface area contributed by atoms with Gasteiger partial charge in [-0.15, -0.1) is 0 Å². The SMILES string of the molecule is O=C1[C@@H](c2ccccc2)CC2=C3[C@H](CCC2)CCCN13. The predicted octanol–water partition coefficient (Wildman–Crippen LogP) is 3.85. The number of piperidine rings is 1. The van der Waals surface area contributed by atoms with Crippen molar-refractivity contribution in [1.82, 2.24) is 4.90 Å². The molecule has 0 spiro atoms. The summed E-state index contributed by atoms with van der Waals surface area (Å²) in [5.41, 5.74) is 4.20. The predicted molar refractivity (Wildman–Crippen MR) is 79.1 cm³/mol. The second kappa shape index (κ2) is 4.76. The standard InChI is InChI=1S/C18H21NO/c20-18-16(13-6-2-1-3-7-13)12-15-9-4-8-14-10-5-11-19(18)17(14)15/h1-3,6-7,14,16H,4-5,8-12H2/t14-,16-/m1/s1. The number of carbonyl (C=O) groups is 1. The van der Waals surface area contributed by atoms with E-state index in [1.165, 1.54) is 43.4 Å². The lowest BCUT2D eigenvalue weighted by atomic mass is 9.74. The van der Waals surface area contributed by atoms with Gasteiger partial charge in [0.15, 0.2) is 0 Å². The van der Waals surface area contributed by atoms with E-state index in [2.05, 4.69) is 17.0 Å². The molecule has 1 saturated heterocycles. The summed E-state index contributed by atoms with van der Waals surface area (Å²) in [6, 6.07) is 10.3. The van der Waals surface area contributed by atoms with Gasteiger partial charge in [0.1, 0.15) is 0 Å². The van der Waals surface area contributed by atoms with Gasteiger partial charge in [0, 0.05) is 12.2 Å². The van der Waals surface area contributed by atoms with Gasteiger partial charge in [0.25, 0.3) is 0 Å². The van der Waals surface area contributed by atoms with Crippen molar-refractivity contribution in [2.45, 2.75) is 44.4 Å². The topological polar surface area (TPSA) is 20.3 Å². The highest BCUT2D eigenvalue weighted by Crippen LogP contribution is 2.46. The first-order chi connectivity index (χ1) is 9.84. The minimum atomic E-state index is 0.0619. The summed E-state index contributed by atoms with van der Waals surface area (Å²) >= 11 is 0. The number of hydrogen-bond donors (Lipinski definition) is 0. The van der Waals surface area contributed by atoms with Gasteiger partial charge in [-0.2, -0.15) is 0 Å². The Kier molecular flexibility index (Phi) is 2.90. The van der Waals surface area contributed by atoms with E-state index in [0.29, 0.717) is 11.8 Å². The van der Waals surface area contributed by atoms with Crippen molar-refractivity contribution in [2.24, 2.45) is 5.92 Å². The molecule has 2 aliphatic heterocycles. The average Bonchev–Trinajstić information content (AvgIpc) is 2.52. The van der Waals surface area contributed by atoms with Crippen LogP contribution in [0, 0.1) is 5.92 Å². The highest BCUT2D eigenvalue weighted by atomic mass is 16.2. The molecule has 0 N–H and O–H groups in total. The van der Waals surface area contributed by atoms with E-state index in [9.17, 15) is 4.79 Å². The normalized spacial score (nSPS) is 29.4. The van der Waals surface area contributed by atoms with Gasteiger partial charge in [-0.05, 0) is 55.6 Å². The molecule has 0 aromatic heterocycles. The zero-order valence-electron chi connectivity index (χ0n) is 11.8. The molecule has 1 aromatic carbocycles. The Morgan fingerprint density at radius 3 is 2.70 bits per heavy atom. The summed E-state index contributed by atoms with van der Waals surface area (Å²) in [7, 11) is 0. The first kappa shape index (κ1) is 12.2. The first-order valence-corrected chi connectivity index (χ1v) is 7.93. The van der Waals surface area contributed by atoms with E-state index in [0.717, 1.165) is 13.0 Å². The van der Waals surface area contributed by atoms with Gasteiger partial charge in [-0.3, -0.25) is 4.79 Å². The molecule has 0 bridgehead atoms. The Hall–Kier alpha value is -1.57. The Morgan fingerprint density at radius 1 is 1.05 bits per heavy atom. The van der Waals surface area contributed by atoms with Crippen LogP contribution in [0.5, 0.6) is 0 Å². The van der Waals surface area contributed by atoms with Crippen molar-refractivity contribution in [3.8, 4) is 0 Å². The van der Waals surface area contributed by atoms with Gasteiger partial charge in [0.05, 0.1) is 5.92 Å². The molecule has 1 amide bonds. The van der Waals surface area contributed by atoms with Crippen LogP contribution in [-0.4, -0.2) is 17.4 Å². The molecule has 1 aromatic rings.